The zero-order valence-corrected chi connectivity index (χ0v) is 6.72. The third-order valence-electron chi connectivity index (χ3n) is 2.02. The van der Waals surface area contributed by atoms with Crippen molar-refractivity contribution in [2.75, 3.05) is 13.2 Å². The van der Waals surface area contributed by atoms with Crippen LogP contribution in [-0.2, 0) is 4.74 Å². The number of urea groups is 1. The minimum atomic E-state index is -0.450. The van der Waals surface area contributed by atoms with Gasteiger partial charge >= 0.3 is 6.03 Å². The number of nitrogens with two attached hydrogens (primary N) is 1. The third kappa shape index (κ3) is 2.38. The summed E-state index contributed by atoms with van der Waals surface area (Å²) in [5.41, 5.74) is 4.87. The molecular weight excluding hydrogens is 144 g/mol. The Morgan fingerprint density at radius 1 is 1.55 bits per heavy atom. The van der Waals surface area contributed by atoms with Gasteiger partial charge < -0.3 is 15.8 Å². The third-order valence-corrected chi connectivity index (χ3v) is 2.02. The van der Waals surface area contributed by atoms with Gasteiger partial charge in [0.05, 0.1) is 0 Å². The number of carbonyl (C=O) groups is 1. The molecule has 0 spiro atoms. The maximum absolute atomic E-state index is 10.5. The lowest BCUT2D eigenvalue weighted by atomic mass is 9.93. The van der Waals surface area contributed by atoms with Crippen LogP contribution in [0.1, 0.15) is 19.8 Å². The maximum atomic E-state index is 10.5. The van der Waals surface area contributed by atoms with Crippen LogP contribution in [0.15, 0.2) is 0 Å². The first-order valence-corrected chi connectivity index (χ1v) is 3.78. The molecular formula is C7H14N2O2. The lowest BCUT2D eigenvalue weighted by Gasteiger charge is -2.33. The minimum absolute atomic E-state index is 0.149. The van der Waals surface area contributed by atoms with Crippen molar-refractivity contribution in [2.24, 2.45) is 5.73 Å². The molecule has 1 aliphatic rings. The highest BCUT2D eigenvalue weighted by atomic mass is 16.5. The molecule has 0 aliphatic carbocycles. The first-order chi connectivity index (χ1) is 5.12. The highest BCUT2D eigenvalue weighted by Crippen LogP contribution is 2.18. The minimum Gasteiger partial charge on any atom is -0.381 e. The monoisotopic (exact) mass is 158 g/mol. The van der Waals surface area contributed by atoms with Crippen LogP contribution in [0.25, 0.3) is 0 Å². The van der Waals surface area contributed by atoms with E-state index in [1.165, 1.54) is 0 Å². The molecule has 0 unspecified atom stereocenters. The molecule has 4 nitrogen and oxygen atoms in total. The topological polar surface area (TPSA) is 64.3 Å². The van der Waals surface area contributed by atoms with Crippen LogP contribution in [0, 0.1) is 0 Å². The Morgan fingerprint density at radius 2 is 2.09 bits per heavy atom. The van der Waals surface area contributed by atoms with Crippen molar-refractivity contribution in [3.05, 3.63) is 0 Å². The highest BCUT2D eigenvalue weighted by molar-refractivity contribution is 5.72. The molecule has 2 amide bonds. The van der Waals surface area contributed by atoms with Crippen LogP contribution >= 0.6 is 0 Å². The van der Waals surface area contributed by atoms with Crippen molar-refractivity contribution in [1.82, 2.24) is 5.32 Å². The van der Waals surface area contributed by atoms with E-state index in [-0.39, 0.29) is 5.54 Å². The molecule has 0 atom stereocenters. The number of nitrogens with one attached hydrogen (secondary N) is 1. The largest absolute Gasteiger partial charge is 0.381 e. The Balaban J connectivity index is 2.43. The summed E-state index contributed by atoms with van der Waals surface area (Å²) in [6, 6.07) is -0.450. The van der Waals surface area contributed by atoms with Gasteiger partial charge in [-0.1, -0.05) is 0 Å². The van der Waals surface area contributed by atoms with Crippen LogP contribution in [0.3, 0.4) is 0 Å². The Hall–Kier alpha value is -0.770. The highest BCUT2D eigenvalue weighted by Gasteiger charge is 2.27. The van der Waals surface area contributed by atoms with Crippen LogP contribution < -0.4 is 11.1 Å². The number of amides is 2. The second kappa shape index (κ2) is 3.09. The van der Waals surface area contributed by atoms with E-state index >= 15 is 0 Å². The van der Waals surface area contributed by atoms with Crippen LogP contribution in [0.5, 0.6) is 0 Å². The molecule has 11 heavy (non-hydrogen) atoms. The Bertz CT molecular complexity index is 153. The first-order valence-electron chi connectivity index (χ1n) is 3.78. The van der Waals surface area contributed by atoms with Crippen molar-refractivity contribution < 1.29 is 9.53 Å². The molecule has 1 fully saturated rings. The molecule has 0 aromatic carbocycles. The van der Waals surface area contributed by atoms with E-state index in [9.17, 15) is 4.79 Å². The van der Waals surface area contributed by atoms with E-state index in [0.29, 0.717) is 13.2 Å². The standard InChI is InChI=1S/C7H14N2O2/c1-7(9-6(8)10)2-4-11-5-3-7/h2-5H2,1H3,(H3,8,9,10). The number of ether oxygens (including phenoxy) is 1. The molecule has 0 saturated carbocycles. The Labute approximate surface area is 66.1 Å². The summed E-state index contributed by atoms with van der Waals surface area (Å²) in [6.45, 7) is 3.40. The van der Waals surface area contributed by atoms with Gasteiger partial charge in [0.2, 0.25) is 0 Å². The van der Waals surface area contributed by atoms with Gasteiger partial charge in [0, 0.05) is 18.8 Å². The van der Waals surface area contributed by atoms with Gasteiger partial charge in [-0.25, -0.2) is 4.79 Å². The molecule has 0 radical (unpaired) electrons. The maximum Gasteiger partial charge on any atom is 0.312 e. The van der Waals surface area contributed by atoms with E-state index in [0.717, 1.165) is 12.8 Å². The SMILES string of the molecule is CC1(NC(N)=O)CCOCC1. The van der Waals surface area contributed by atoms with E-state index < -0.39 is 6.03 Å². The fourth-order valence-electron chi connectivity index (χ4n) is 1.24. The smallest absolute Gasteiger partial charge is 0.312 e. The molecule has 1 saturated heterocycles. The molecule has 0 aromatic rings. The summed E-state index contributed by atoms with van der Waals surface area (Å²) < 4.78 is 5.15. The predicted molar refractivity (Wildman–Crippen MR) is 41.2 cm³/mol. The van der Waals surface area contributed by atoms with Crippen molar-refractivity contribution in [3.63, 3.8) is 0 Å². The van der Waals surface area contributed by atoms with Gasteiger partial charge in [0.1, 0.15) is 0 Å². The van der Waals surface area contributed by atoms with Gasteiger partial charge in [0.15, 0.2) is 0 Å². The van der Waals surface area contributed by atoms with Gasteiger partial charge in [-0.3, -0.25) is 0 Å². The van der Waals surface area contributed by atoms with Crippen molar-refractivity contribution in [1.29, 1.82) is 0 Å². The molecule has 1 rings (SSSR count). The number of carbonyl (C=O) groups excluding carboxylic acids is 1. The number of hydrogen-bond donors (Lipinski definition) is 2. The van der Waals surface area contributed by atoms with Gasteiger partial charge in [-0.05, 0) is 19.8 Å². The number of hydrogen-bond acceptors (Lipinski definition) is 2. The molecule has 0 bridgehead atoms. The van der Waals surface area contributed by atoms with E-state index in [1.54, 1.807) is 0 Å². The van der Waals surface area contributed by atoms with Crippen LogP contribution in [0.2, 0.25) is 0 Å². The summed E-state index contributed by atoms with van der Waals surface area (Å²) in [5.74, 6) is 0. The summed E-state index contributed by atoms with van der Waals surface area (Å²) >= 11 is 0. The molecule has 4 heteroatoms. The molecule has 1 heterocycles. The van der Waals surface area contributed by atoms with E-state index in [2.05, 4.69) is 5.32 Å². The molecule has 0 aromatic heterocycles. The van der Waals surface area contributed by atoms with Crippen molar-refractivity contribution in [3.8, 4) is 0 Å². The second-order valence-electron chi connectivity index (χ2n) is 3.16. The number of rotatable bonds is 1. The normalized spacial score (nSPS) is 22.6. The van der Waals surface area contributed by atoms with E-state index in [4.69, 9.17) is 10.5 Å². The van der Waals surface area contributed by atoms with E-state index in [1.807, 2.05) is 6.92 Å². The zero-order chi connectivity index (χ0) is 8.32. The van der Waals surface area contributed by atoms with Crippen molar-refractivity contribution >= 4 is 6.03 Å². The summed E-state index contributed by atoms with van der Waals surface area (Å²) in [4.78, 5) is 10.5. The second-order valence-corrected chi connectivity index (χ2v) is 3.16. The van der Waals surface area contributed by atoms with Crippen LogP contribution in [-0.4, -0.2) is 24.8 Å². The average Bonchev–Trinajstić information content (AvgIpc) is 1.85. The lowest BCUT2D eigenvalue weighted by molar-refractivity contribution is 0.0497. The number of primary amides is 1. The first kappa shape index (κ1) is 8.33. The van der Waals surface area contributed by atoms with Gasteiger partial charge in [-0.2, -0.15) is 0 Å². The quantitative estimate of drug-likeness (QED) is 0.573. The van der Waals surface area contributed by atoms with Crippen molar-refractivity contribution in [2.45, 2.75) is 25.3 Å². The fourth-order valence-corrected chi connectivity index (χ4v) is 1.24. The summed E-state index contributed by atoms with van der Waals surface area (Å²) in [7, 11) is 0. The molecule has 3 N–H and O–H groups in total. The summed E-state index contributed by atoms with van der Waals surface area (Å²) in [6.07, 6.45) is 1.69. The Morgan fingerprint density at radius 3 is 2.55 bits per heavy atom. The average molecular weight is 158 g/mol. The zero-order valence-electron chi connectivity index (χ0n) is 6.72. The summed E-state index contributed by atoms with van der Waals surface area (Å²) in [5, 5.41) is 2.72. The predicted octanol–water partition coefficient (Wildman–Crippen LogP) is 0.224. The molecule has 64 valence electrons. The van der Waals surface area contributed by atoms with Gasteiger partial charge in [0.25, 0.3) is 0 Å². The van der Waals surface area contributed by atoms with Crippen LogP contribution in [0.4, 0.5) is 4.79 Å². The molecule has 1 aliphatic heterocycles. The Kier molecular flexibility index (Phi) is 2.34. The lowest BCUT2D eigenvalue weighted by Crippen LogP contribution is -2.51. The fraction of sp³-hybridized carbons (Fsp3) is 0.857. The van der Waals surface area contributed by atoms with Gasteiger partial charge in [-0.15, -0.1) is 0 Å².